The molecule has 0 fully saturated rings. The minimum Gasteiger partial charge on any atom is -0.457 e. The van der Waals surface area contributed by atoms with Crippen molar-refractivity contribution in [3.8, 4) is 11.5 Å². The maximum Gasteiger partial charge on any atom is 0.306 e. The van der Waals surface area contributed by atoms with Crippen LogP contribution in [0.3, 0.4) is 0 Å². The van der Waals surface area contributed by atoms with Gasteiger partial charge in [0.05, 0.1) is 6.42 Å². The molecule has 7 nitrogen and oxygen atoms in total. The molecule has 34 heavy (non-hydrogen) atoms. The number of esters is 1. The van der Waals surface area contributed by atoms with Gasteiger partial charge in [-0.3, -0.25) is 14.4 Å². The second kappa shape index (κ2) is 12.1. The first-order valence-electron chi connectivity index (χ1n) is 10.3. The maximum atomic E-state index is 12.1. The summed E-state index contributed by atoms with van der Waals surface area (Å²) in [7, 11) is 0. The molecule has 2 amide bonds. The van der Waals surface area contributed by atoms with E-state index in [0.29, 0.717) is 32.9 Å². The van der Waals surface area contributed by atoms with Crippen LogP contribution in [0.4, 0.5) is 11.4 Å². The highest BCUT2D eigenvalue weighted by Crippen LogP contribution is 2.24. The Balaban J connectivity index is 1.37. The van der Waals surface area contributed by atoms with Crippen molar-refractivity contribution in [2.75, 3.05) is 17.2 Å². The van der Waals surface area contributed by atoms with Crippen LogP contribution in [0.25, 0.3) is 0 Å². The van der Waals surface area contributed by atoms with Crippen LogP contribution in [-0.4, -0.2) is 24.4 Å². The van der Waals surface area contributed by atoms with Crippen LogP contribution < -0.4 is 15.4 Å². The summed E-state index contributed by atoms with van der Waals surface area (Å²) in [5.41, 5.74) is 1.92. The fourth-order valence-corrected chi connectivity index (χ4v) is 3.12. The molecule has 0 saturated carbocycles. The van der Waals surface area contributed by atoms with E-state index < -0.39 is 18.5 Å². The fraction of sp³-hybridized carbons (Fsp3) is 0.160. The smallest absolute Gasteiger partial charge is 0.306 e. The molecule has 0 unspecified atom stereocenters. The monoisotopic (exact) mass is 500 g/mol. The Bertz CT molecular complexity index is 1160. The molecule has 0 aliphatic carbocycles. The quantitative estimate of drug-likeness (QED) is 0.351. The molecule has 0 aromatic heterocycles. The van der Waals surface area contributed by atoms with Gasteiger partial charge < -0.3 is 20.1 Å². The number of hydrogen-bond donors (Lipinski definition) is 2. The lowest BCUT2D eigenvalue weighted by atomic mass is 10.2. The number of halogens is 2. The highest BCUT2D eigenvalue weighted by atomic mass is 35.5. The van der Waals surface area contributed by atoms with Crippen molar-refractivity contribution in [3.63, 3.8) is 0 Å². The number of rotatable bonds is 9. The van der Waals surface area contributed by atoms with Crippen LogP contribution >= 0.6 is 23.2 Å². The van der Waals surface area contributed by atoms with Crippen molar-refractivity contribution < 1.29 is 23.9 Å². The molecule has 0 aliphatic rings. The van der Waals surface area contributed by atoms with Crippen LogP contribution in [0.2, 0.25) is 10.0 Å². The second-order valence-electron chi connectivity index (χ2n) is 7.30. The molecule has 0 aliphatic heterocycles. The number of carbonyl (C=O) groups is 3. The van der Waals surface area contributed by atoms with Gasteiger partial charge in [-0.05, 0) is 73.2 Å². The number of nitrogens with one attached hydrogen (secondary N) is 2. The van der Waals surface area contributed by atoms with Crippen LogP contribution in [0.1, 0.15) is 18.4 Å². The molecule has 2 N–H and O–H groups in total. The Labute approximate surface area is 207 Å². The van der Waals surface area contributed by atoms with Crippen molar-refractivity contribution in [2.45, 2.75) is 19.8 Å². The molecule has 176 valence electrons. The zero-order valence-corrected chi connectivity index (χ0v) is 19.8. The summed E-state index contributed by atoms with van der Waals surface area (Å²) in [6, 6.07) is 18.8. The second-order valence-corrected chi connectivity index (χ2v) is 8.17. The van der Waals surface area contributed by atoms with Crippen molar-refractivity contribution in [3.05, 3.63) is 82.3 Å². The molecule has 0 heterocycles. The summed E-state index contributed by atoms with van der Waals surface area (Å²) in [6.45, 7) is 1.36. The van der Waals surface area contributed by atoms with Gasteiger partial charge in [0, 0.05) is 27.8 Å². The summed E-state index contributed by atoms with van der Waals surface area (Å²) in [5, 5.41) is 6.42. The number of ether oxygens (including phenoxy) is 2. The Morgan fingerprint density at radius 2 is 1.38 bits per heavy atom. The first kappa shape index (κ1) is 25.1. The molecule has 3 aromatic rings. The van der Waals surface area contributed by atoms with Crippen LogP contribution in [-0.2, 0) is 19.1 Å². The highest BCUT2D eigenvalue weighted by molar-refractivity contribution is 6.31. The Hall–Kier alpha value is -3.55. The van der Waals surface area contributed by atoms with E-state index in [-0.39, 0.29) is 18.7 Å². The molecule has 3 rings (SSSR count). The molecule has 0 radical (unpaired) electrons. The highest BCUT2D eigenvalue weighted by Gasteiger charge is 2.12. The van der Waals surface area contributed by atoms with E-state index in [4.69, 9.17) is 32.7 Å². The number of anilines is 2. The summed E-state index contributed by atoms with van der Waals surface area (Å²) >= 11 is 11.8. The maximum absolute atomic E-state index is 12.1. The van der Waals surface area contributed by atoms with Gasteiger partial charge in [0.15, 0.2) is 6.61 Å². The predicted molar refractivity (Wildman–Crippen MR) is 132 cm³/mol. The predicted octanol–water partition coefficient (Wildman–Crippen LogP) is 5.99. The van der Waals surface area contributed by atoms with Gasteiger partial charge in [-0.25, -0.2) is 0 Å². The fourth-order valence-electron chi connectivity index (χ4n) is 2.82. The molecular formula is C25H22Cl2N2O5. The van der Waals surface area contributed by atoms with Gasteiger partial charge in [0.25, 0.3) is 5.91 Å². The number of carbonyl (C=O) groups excluding carboxylic acids is 3. The summed E-state index contributed by atoms with van der Waals surface area (Å²) in [4.78, 5) is 36.0. The van der Waals surface area contributed by atoms with Crippen LogP contribution in [0.15, 0.2) is 66.7 Å². The third kappa shape index (κ3) is 8.10. The third-order valence-electron chi connectivity index (χ3n) is 4.58. The van der Waals surface area contributed by atoms with E-state index in [9.17, 15) is 14.4 Å². The Morgan fingerprint density at radius 1 is 0.765 bits per heavy atom. The van der Waals surface area contributed by atoms with Gasteiger partial charge in [-0.15, -0.1) is 0 Å². The molecule has 0 spiro atoms. The third-order valence-corrected chi connectivity index (χ3v) is 5.07. The van der Waals surface area contributed by atoms with Crippen molar-refractivity contribution >= 4 is 52.4 Å². The molecule has 0 bridgehead atoms. The van der Waals surface area contributed by atoms with E-state index in [2.05, 4.69) is 10.6 Å². The normalized spacial score (nSPS) is 10.3. The molecule has 9 heteroatoms. The van der Waals surface area contributed by atoms with Gasteiger partial charge in [0.1, 0.15) is 11.5 Å². The van der Waals surface area contributed by atoms with E-state index >= 15 is 0 Å². The SMILES string of the molecule is Cc1ccc(Cl)cc1NC(=O)COC(=O)CCC(=O)Nc1ccc(Oc2ccc(Cl)cc2)cc1. The molecular weight excluding hydrogens is 479 g/mol. The first-order valence-corrected chi connectivity index (χ1v) is 11.1. The molecule has 3 aromatic carbocycles. The number of benzene rings is 3. The van der Waals surface area contributed by atoms with Crippen molar-refractivity contribution in [1.82, 2.24) is 0 Å². The zero-order valence-electron chi connectivity index (χ0n) is 18.3. The van der Waals surface area contributed by atoms with E-state index in [1.54, 1.807) is 66.7 Å². The van der Waals surface area contributed by atoms with Gasteiger partial charge in [-0.1, -0.05) is 29.3 Å². The largest absolute Gasteiger partial charge is 0.457 e. The Morgan fingerprint density at radius 3 is 2.06 bits per heavy atom. The topological polar surface area (TPSA) is 93.7 Å². The van der Waals surface area contributed by atoms with Crippen molar-refractivity contribution in [1.29, 1.82) is 0 Å². The summed E-state index contributed by atoms with van der Waals surface area (Å²) in [5.74, 6) is -0.280. The van der Waals surface area contributed by atoms with Gasteiger partial charge in [-0.2, -0.15) is 0 Å². The zero-order chi connectivity index (χ0) is 24.5. The number of hydrogen-bond acceptors (Lipinski definition) is 5. The summed E-state index contributed by atoms with van der Waals surface area (Å²) < 4.78 is 10.6. The van der Waals surface area contributed by atoms with Gasteiger partial charge >= 0.3 is 5.97 Å². The minimum atomic E-state index is -0.653. The van der Waals surface area contributed by atoms with Crippen molar-refractivity contribution in [2.24, 2.45) is 0 Å². The summed E-state index contributed by atoms with van der Waals surface area (Å²) in [6.07, 6.45) is -0.246. The van der Waals surface area contributed by atoms with Crippen LogP contribution in [0, 0.1) is 6.92 Å². The average molecular weight is 501 g/mol. The lowest BCUT2D eigenvalue weighted by Gasteiger charge is -2.10. The van der Waals surface area contributed by atoms with Crippen LogP contribution in [0.5, 0.6) is 11.5 Å². The molecule has 0 atom stereocenters. The minimum absolute atomic E-state index is 0.0864. The van der Waals surface area contributed by atoms with E-state index in [0.717, 1.165) is 5.56 Å². The van der Waals surface area contributed by atoms with E-state index in [1.807, 2.05) is 6.92 Å². The Kier molecular flexibility index (Phi) is 8.90. The lowest BCUT2D eigenvalue weighted by Crippen LogP contribution is -2.22. The number of aryl methyl sites for hydroxylation is 1. The lowest BCUT2D eigenvalue weighted by molar-refractivity contribution is -0.147. The first-order chi connectivity index (χ1) is 16.3. The number of amides is 2. The standard InChI is InChI=1S/C25H22Cl2N2O5/c1-16-2-3-18(27)14-22(16)29-24(31)15-33-25(32)13-12-23(30)28-19-6-10-21(11-7-19)34-20-8-4-17(26)5-9-20/h2-11,14H,12-13,15H2,1H3,(H,28,30)(H,29,31). The molecule has 0 saturated heterocycles. The van der Waals surface area contributed by atoms with Gasteiger partial charge in [0.2, 0.25) is 5.91 Å². The van der Waals surface area contributed by atoms with E-state index in [1.165, 1.54) is 0 Å². The average Bonchev–Trinajstić information content (AvgIpc) is 2.81.